The standard InChI is InChI=1S/C23H33ClN5O6P/c24-22-27-19(25-3-2-23-8-12-5-13(9-23)7-14(6-12)10-23)16-20(28-22)29(11-26-16)21-18(31)17(30)15(35-21)1-4-36(32,33)34/h11-15,17-18,21,30-31H,1-10H2,(H,25,27,28)(H2,32,33,34)/t12?,13?,14?,15-,17?,18+,21-,23?/m1/s1. The maximum Gasteiger partial charge on any atom is 0.325 e. The van der Waals surface area contributed by atoms with Crippen molar-refractivity contribution in [3.63, 3.8) is 0 Å². The van der Waals surface area contributed by atoms with Gasteiger partial charge < -0.3 is 30.1 Å². The summed E-state index contributed by atoms with van der Waals surface area (Å²) in [5.74, 6) is 3.20. The molecular formula is C23H33ClN5O6P. The average Bonchev–Trinajstić information content (AvgIpc) is 3.32. The second-order valence-electron chi connectivity index (χ2n) is 11.5. The van der Waals surface area contributed by atoms with E-state index in [1.165, 1.54) is 49.4 Å². The van der Waals surface area contributed by atoms with Crippen LogP contribution in [0.4, 0.5) is 5.82 Å². The van der Waals surface area contributed by atoms with Gasteiger partial charge in [-0.2, -0.15) is 9.97 Å². The molecule has 36 heavy (non-hydrogen) atoms. The van der Waals surface area contributed by atoms with Gasteiger partial charge in [0.2, 0.25) is 5.28 Å². The number of aromatic nitrogens is 4. The van der Waals surface area contributed by atoms with E-state index >= 15 is 0 Å². The molecule has 1 unspecified atom stereocenters. The topological polar surface area (TPSA) is 163 Å². The molecule has 0 amide bonds. The lowest BCUT2D eigenvalue weighted by Gasteiger charge is -2.57. The molecule has 11 nitrogen and oxygen atoms in total. The Morgan fingerprint density at radius 1 is 1.11 bits per heavy atom. The molecule has 7 rings (SSSR count). The van der Waals surface area contributed by atoms with Gasteiger partial charge in [0.05, 0.1) is 18.6 Å². The van der Waals surface area contributed by atoms with Crippen molar-refractivity contribution in [3.05, 3.63) is 11.6 Å². The highest BCUT2D eigenvalue weighted by molar-refractivity contribution is 7.51. The first kappa shape index (κ1) is 25.0. The van der Waals surface area contributed by atoms with Gasteiger partial charge in [0.1, 0.15) is 12.2 Å². The largest absolute Gasteiger partial charge is 0.388 e. The molecule has 0 aromatic carbocycles. The summed E-state index contributed by atoms with van der Waals surface area (Å²) in [6.45, 7) is 0.757. The molecule has 4 aliphatic carbocycles. The molecule has 0 spiro atoms. The van der Waals surface area contributed by atoms with Gasteiger partial charge in [-0.15, -0.1) is 0 Å². The Bertz CT molecular complexity index is 1150. The second-order valence-corrected chi connectivity index (χ2v) is 13.6. The number of anilines is 1. The van der Waals surface area contributed by atoms with Crippen LogP contribution in [-0.4, -0.2) is 70.5 Å². The van der Waals surface area contributed by atoms with Gasteiger partial charge in [0.15, 0.2) is 23.2 Å². The summed E-state index contributed by atoms with van der Waals surface area (Å²) in [6.07, 6.45) is 5.60. The first-order valence-electron chi connectivity index (χ1n) is 12.8. The number of aliphatic hydroxyl groups is 2. The van der Waals surface area contributed by atoms with Gasteiger partial charge in [0, 0.05) is 6.54 Å². The Labute approximate surface area is 213 Å². The van der Waals surface area contributed by atoms with Crippen LogP contribution in [0.3, 0.4) is 0 Å². The second kappa shape index (κ2) is 9.15. The number of nitrogens with zero attached hydrogens (tertiary/aromatic N) is 4. The highest BCUT2D eigenvalue weighted by Crippen LogP contribution is 2.61. The van der Waals surface area contributed by atoms with Crippen LogP contribution in [0.2, 0.25) is 5.28 Å². The first-order chi connectivity index (χ1) is 17.1. The average molecular weight is 542 g/mol. The fraction of sp³-hybridized carbons (Fsp3) is 0.783. The zero-order valence-electron chi connectivity index (χ0n) is 19.9. The zero-order valence-corrected chi connectivity index (χ0v) is 21.6. The molecule has 2 aromatic rings. The summed E-state index contributed by atoms with van der Waals surface area (Å²) in [6, 6.07) is 0. The predicted molar refractivity (Wildman–Crippen MR) is 131 cm³/mol. The van der Waals surface area contributed by atoms with E-state index in [-0.39, 0.29) is 11.7 Å². The zero-order chi connectivity index (χ0) is 25.2. The Hall–Kier alpha value is -1.33. The Morgan fingerprint density at radius 2 is 1.78 bits per heavy atom. The first-order valence-corrected chi connectivity index (χ1v) is 15.0. The molecule has 198 valence electrons. The number of fused-ring (bicyclic) bond motifs is 1. The van der Waals surface area contributed by atoms with Crippen LogP contribution in [0, 0.1) is 23.2 Å². The van der Waals surface area contributed by atoms with Gasteiger partial charge in [-0.05, 0) is 86.1 Å². The molecule has 5 fully saturated rings. The molecule has 1 saturated heterocycles. The van der Waals surface area contributed by atoms with E-state index < -0.39 is 38.3 Å². The fourth-order valence-electron chi connectivity index (χ4n) is 7.73. The lowest BCUT2D eigenvalue weighted by molar-refractivity contribution is -0.0552. The minimum absolute atomic E-state index is 0.0210. The number of aliphatic hydroxyl groups excluding tert-OH is 2. The summed E-state index contributed by atoms with van der Waals surface area (Å²) >= 11 is 6.25. The minimum atomic E-state index is -4.26. The maximum atomic E-state index is 11.2. The predicted octanol–water partition coefficient (Wildman–Crippen LogP) is 2.69. The molecule has 4 bridgehead atoms. The van der Waals surface area contributed by atoms with Crippen molar-refractivity contribution >= 4 is 36.2 Å². The molecule has 3 heterocycles. The van der Waals surface area contributed by atoms with Crippen LogP contribution in [-0.2, 0) is 9.30 Å². The minimum Gasteiger partial charge on any atom is -0.388 e. The quantitative estimate of drug-likeness (QED) is 0.248. The third kappa shape index (κ3) is 4.68. The molecule has 4 saturated carbocycles. The Morgan fingerprint density at radius 3 is 2.42 bits per heavy atom. The van der Waals surface area contributed by atoms with Crippen LogP contribution in [0.1, 0.15) is 57.6 Å². The van der Waals surface area contributed by atoms with E-state index in [1.54, 1.807) is 0 Å². The Balaban J connectivity index is 1.17. The highest BCUT2D eigenvalue weighted by atomic mass is 35.5. The molecule has 2 aromatic heterocycles. The summed E-state index contributed by atoms with van der Waals surface area (Å²) < 4.78 is 18.5. The maximum absolute atomic E-state index is 11.2. The molecular weight excluding hydrogens is 509 g/mol. The van der Waals surface area contributed by atoms with Crippen LogP contribution in [0.25, 0.3) is 11.2 Å². The van der Waals surface area contributed by atoms with Crippen molar-refractivity contribution in [3.8, 4) is 0 Å². The van der Waals surface area contributed by atoms with Crippen molar-refractivity contribution in [1.82, 2.24) is 19.5 Å². The smallest absolute Gasteiger partial charge is 0.325 e. The third-order valence-corrected chi connectivity index (χ3v) is 9.83. The number of ether oxygens (including phenoxy) is 1. The third-order valence-electron chi connectivity index (χ3n) is 8.82. The van der Waals surface area contributed by atoms with Crippen LogP contribution >= 0.6 is 19.2 Å². The molecule has 13 heteroatoms. The monoisotopic (exact) mass is 541 g/mol. The van der Waals surface area contributed by atoms with Gasteiger partial charge in [0.25, 0.3) is 0 Å². The van der Waals surface area contributed by atoms with E-state index in [2.05, 4.69) is 20.3 Å². The SMILES string of the molecule is O=P(O)(O)CC[C@H]1O[C@@H](n2cnc3c(NCCC45CC6CC(CC(C6)C4)C5)nc(Cl)nc32)[C@@H](O)C1O. The van der Waals surface area contributed by atoms with Gasteiger partial charge >= 0.3 is 7.60 Å². The van der Waals surface area contributed by atoms with Crippen LogP contribution in [0.15, 0.2) is 6.33 Å². The van der Waals surface area contributed by atoms with Crippen LogP contribution in [0.5, 0.6) is 0 Å². The fourth-order valence-corrected chi connectivity index (χ4v) is 8.49. The number of hydrogen-bond donors (Lipinski definition) is 5. The number of hydrogen-bond acceptors (Lipinski definition) is 8. The number of imidazole rings is 1. The van der Waals surface area contributed by atoms with Gasteiger partial charge in [-0.1, -0.05) is 0 Å². The summed E-state index contributed by atoms with van der Waals surface area (Å²) in [5.41, 5.74) is 1.25. The molecule has 1 aliphatic heterocycles. The summed E-state index contributed by atoms with van der Waals surface area (Å²) in [7, 11) is -4.26. The van der Waals surface area contributed by atoms with Gasteiger partial charge in [-0.25, -0.2) is 4.98 Å². The molecule has 5 N–H and O–H groups in total. The summed E-state index contributed by atoms with van der Waals surface area (Å²) in [4.78, 5) is 31.4. The number of nitrogens with one attached hydrogen (secondary N) is 1. The van der Waals surface area contributed by atoms with Crippen LogP contribution < -0.4 is 5.32 Å². The van der Waals surface area contributed by atoms with Crippen molar-refractivity contribution < 1.29 is 29.3 Å². The van der Waals surface area contributed by atoms with E-state index in [0.29, 0.717) is 22.4 Å². The number of rotatable bonds is 8. The molecule has 4 atom stereocenters. The van der Waals surface area contributed by atoms with E-state index in [4.69, 9.17) is 26.1 Å². The number of halogens is 1. The van der Waals surface area contributed by atoms with E-state index in [9.17, 15) is 14.8 Å². The molecule has 0 radical (unpaired) electrons. The highest BCUT2D eigenvalue weighted by Gasteiger charge is 2.50. The van der Waals surface area contributed by atoms with E-state index in [1.807, 2.05) is 0 Å². The normalized spacial score (nSPS) is 37.8. The summed E-state index contributed by atoms with van der Waals surface area (Å²) in [5, 5.41) is 24.5. The van der Waals surface area contributed by atoms with Crippen molar-refractivity contribution in [2.45, 2.75) is 75.9 Å². The lowest BCUT2D eigenvalue weighted by atomic mass is 9.49. The molecule has 5 aliphatic rings. The lowest BCUT2D eigenvalue weighted by Crippen LogP contribution is -2.46. The van der Waals surface area contributed by atoms with Gasteiger partial charge in [-0.3, -0.25) is 9.13 Å². The van der Waals surface area contributed by atoms with Crippen molar-refractivity contribution in [2.24, 2.45) is 23.2 Å². The Kier molecular flexibility index (Phi) is 6.35. The van der Waals surface area contributed by atoms with Crippen molar-refractivity contribution in [1.29, 1.82) is 0 Å². The van der Waals surface area contributed by atoms with E-state index in [0.717, 1.165) is 30.7 Å². The van der Waals surface area contributed by atoms with Crippen molar-refractivity contribution in [2.75, 3.05) is 18.0 Å².